The Morgan fingerprint density at radius 2 is 1.88 bits per heavy atom. The summed E-state index contributed by atoms with van der Waals surface area (Å²) in [6.45, 7) is 3.97. The molecule has 0 saturated heterocycles. The second kappa shape index (κ2) is 8.84. The molecule has 0 unspecified atom stereocenters. The Balaban J connectivity index is 1.63. The lowest BCUT2D eigenvalue weighted by Crippen LogP contribution is -2.09. The summed E-state index contributed by atoms with van der Waals surface area (Å²) in [4.78, 5) is 0. The highest BCUT2D eigenvalue weighted by atomic mass is 16.5. The third-order valence-corrected chi connectivity index (χ3v) is 3.88. The number of aromatic nitrogens is 4. The Labute approximate surface area is 152 Å². The van der Waals surface area contributed by atoms with E-state index in [4.69, 9.17) is 9.47 Å². The molecule has 0 aliphatic carbocycles. The first-order chi connectivity index (χ1) is 12.8. The third-order valence-electron chi connectivity index (χ3n) is 3.88. The van der Waals surface area contributed by atoms with Crippen LogP contribution in [0.1, 0.15) is 24.5 Å². The Morgan fingerprint density at radius 1 is 1.04 bits per heavy atom. The fourth-order valence-electron chi connectivity index (χ4n) is 2.55. The number of aryl methyl sites for hydroxylation is 1. The highest BCUT2D eigenvalue weighted by Crippen LogP contribution is 2.29. The first-order valence-corrected chi connectivity index (χ1v) is 8.64. The molecule has 3 rings (SSSR count). The van der Waals surface area contributed by atoms with Crippen LogP contribution in [-0.2, 0) is 19.7 Å². The molecule has 7 nitrogen and oxygen atoms in total. The zero-order valence-electron chi connectivity index (χ0n) is 15.1. The topological polar surface area (TPSA) is 74.1 Å². The van der Waals surface area contributed by atoms with Crippen LogP contribution in [0.5, 0.6) is 11.5 Å². The van der Waals surface area contributed by atoms with Crippen LogP contribution in [0.2, 0.25) is 0 Å². The molecule has 0 bridgehead atoms. The Morgan fingerprint density at radius 3 is 2.65 bits per heavy atom. The van der Waals surface area contributed by atoms with Gasteiger partial charge in [-0.25, -0.2) is 4.68 Å². The summed E-state index contributed by atoms with van der Waals surface area (Å²) >= 11 is 0. The number of anilines is 1. The van der Waals surface area contributed by atoms with Gasteiger partial charge in [0.05, 0.1) is 7.11 Å². The van der Waals surface area contributed by atoms with Crippen LogP contribution >= 0.6 is 0 Å². The molecule has 0 atom stereocenters. The van der Waals surface area contributed by atoms with Crippen LogP contribution in [-0.4, -0.2) is 27.3 Å². The van der Waals surface area contributed by atoms with Gasteiger partial charge in [-0.2, -0.15) is 0 Å². The van der Waals surface area contributed by atoms with E-state index in [1.54, 1.807) is 11.8 Å². The Hall–Kier alpha value is -3.09. The molecule has 2 aromatic carbocycles. The molecule has 0 spiro atoms. The van der Waals surface area contributed by atoms with Gasteiger partial charge in [0.25, 0.3) is 0 Å². The fourth-order valence-corrected chi connectivity index (χ4v) is 2.55. The number of methoxy groups -OCH3 is 1. The van der Waals surface area contributed by atoms with Crippen molar-refractivity contribution in [1.29, 1.82) is 0 Å². The molecule has 3 aromatic rings. The van der Waals surface area contributed by atoms with E-state index in [9.17, 15) is 0 Å². The number of rotatable bonds is 9. The first kappa shape index (κ1) is 17.7. The average Bonchev–Trinajstić information content (AvgIpc) is 3.13. The van der Waals surface area contributed by atoms with Gasteiger partial charge in [-0.05, 0) is 40.1 Å². The highest BCUT2D eigenvalue weighted by Gasteiger charge is 2.08. The molecule has 1 heterocycles. The Bertz CT molecular complexity index is 820. The van der Waals surface area contributed by atoms with Gasteiger partial charge in [-0.3, -0.25) is 0 Å². The van der Waals surface area contributed by atoms with E-state index in [0.717, 1.165) is 29.8 Å². The van der Waals surface area contributed by atoms with E-state index in [-0.39, 0.29) is 0 Å². The van der Waals surface area contributed by atoms with Crippen molar-refractivity contribution in [2.24, 2.45) is 0 Å². The van der Waals surface area contributed by atoms with Crippen molar-refractivity contribution in [3.63, 3.8) is 0 Å². The predicted molar refractivity (Wildman–Crippen MR) is 99.2 cm³/mol. The van der Waals surface area contributed by atoms with Crippen LogP contribution in [0.4, 0.5) is 5.95 Å². The van der Waals surface area contributed by atoms with Crippen molar-refractivity contribution < 1.29 is 9.47 Å². The predicted octanol–water partition coefficient (Wildman–Crippen LogP) is 3.28. The summed E-state index contributed by atoms with van der Waals surface area (Å²) in [6, 6.07) is 15.9. The lowest BCUT2D eigenvalue weighted by Gasteiger charge is -2.13. The van der Waals surface area contributed by atoms with Crippen LogP contribution in [0.3, 0.4) is 0 Å². The number of nitrogens with zero attached hydrogens (tertiary/aromatic N) is 4. The summed E-state index contributed by atoms with van der Waals surface area (Å²) in [5.41, 5.74) is 2.17. The van der Waals surface area contributed by atoms with E-state index >= 15 is 0 Å². The van der Waals surface area contributed by atoms with Gasteiger partial charge in [0, 0.05) is 13.1 Å². The van der Waals surface area contributed by atoms with E-state index in [1.807, 2.05) is 48.5 Å². The molecule has 0 saturated carbocycles. The molecule has 0 fully saturated rings. The molecule has 1 aromatic heterocycles. The summed E-state index contributed by atoms with van der Waals surface area (Å²) in [5.74, 6) is 2.08. The molecule has 26 heavy (non-hydrogen) atoms. The molecule has 7 heteroatoms. The molecule has 1 N–H and O–H groups in total. The lowest BCUT2D eigenvalue weighted by atomic mass is 10.2. The third kappa shape index (κ3) is 4.50. The van der Waals surface area contributed by atoms with Crippen molar-refractivity contribution in [3.8, 4) is 11.5 Å². The van der Waals surface area contributed by atoms with Gasteiger partial charge < -0.3 is 14.8 Å². The minimum Gasteiger partial charge on any atom is -0.493 e. The van der Waals surface area contributed by atoms with Gasteiger partial charge in [-0.1, -0.05) is 48.4 Å². The monoisotopic (exact) mass is 353 g/mol. The number of hydrogen-bond acceptors (Lipinski definition) is 6. The minimum atomic E-state index is 0.501. The van der Waals surface area contributed by atoms with Crippen molar-refractivity contribution in [2.75, 3.05) is 12.4 Å². The lowest BCUT2D eigenvalue weighted by molar-refractivity contribution is 0.284. The number of tetrazole rings is 1. The molecular weight excluding hydrogens is 330 g/mol. The van der Waals surface area contributed by atoms with Crippen LogP contribution in [0.15, 0.2) is 48.5 Å². The zero-order valence-corrected chi connectivity index (χ0v) is 15.1. The normalized spacial score (nSPS) is 10.5. The van der Waals surface area contributed by atoms with Crippen molar-refractivity contribution in [1.82, 2.24) is 20.2 Å². The largest absolute Gasteiger partial charge is 0.493 e. The Kier molecular flexibility index (Phi) is 6.03. The van der Waals surface area contributed by atoms with Gasteiger partial charge in [-0.15, -0.1) is 0 Å². The van der Waals surface area contributed by atoms with Gasteiger partial charge in [0.1, 0.15) is 6.61 Å². The summed E-state index contributed by atoms with van der Waals surface area (Å²) < 4.78 is 13.1. The average molecular weight is 353 g/mol. The van der Waals surface area contributed by atoms with Gasteiger partial charge in [0.15, 0.2) is 11.5 Å². The molecule has 0 radical (unpaired) electrons. The van der Waals surface area contributed by atoms with Crippen molar-refractivity contribution in [3.05, 3.63) is 59.7 Å². The SMILES string of the molecule is CCCn1nnnc1NCc1ccc(OCc2ccccc2)c(OC)c1. The summed E-state index contributed by atoms with van der Waals surface area (Å²) in [6.07, 6.45) is 0.973. The molecule has 136 valence electrons. The van der Waals surface area contributed by atoms with Crippen molar-refractivity contribution >= 4 is 5.95 Å². The number of benzene rings is 2. The quantitative estimate of drug-likeness (QED) is 0.636. The molecule has 0 aliphatic heterocycles. The maximum atomic E-state index is 5.89. The zero-order chi connectivity index (χ0) is 18.2. The standard InChI is InChI=1S/C19H23N5O2/c1-3-11-24-19(21-22-23-24)20-13-16-9-10-17(18(12-16)25-2)26-14-15-7-5-4-6-8-15/h4-10,12H,3,11,13-14H2,1-2H3,(H,20,21,23). The smallest absolute Gasteiger partial charge is 0.243 e. The maximum Gasteiger partial charge on any atom is 0.243 e. The van der Waals surface area contributed by atoms with Gasteiger partial charge >= 0.3 is 0 Å². The van der Waals surface area contributed by atoms with E-state index in [1.165, 1.54) is 0 Å². The first-order valence-electron chi connectivity index (χ1n) is 8.64. The molecule has 0 aliphatic rings. The second-order valence-electron chi connectivity index (χ2n) is 5.84. The van der Waals surface area contributed by atoms with Crippen molar-refractivity contribution in [2.45, 2.75) is 33.0 Å². The van der Waals surface area contributed by atoms with E-state index < -0.39 is 0 Å². The van der Waals surface area contributed by atoms with E-state index in [2.05, 4.69) is 27.8 Å². The number of hydrogen-bond donors (Lipinski definition) is 1. The maximum absolute atomic E-state index is 5.89. The minimum absolute atomic E-state index is 0.501. The van der Waals surface area contributed by atoms with E-state index in [0.29, 0.717) is 24.8 Å². The number of nitrogens with one attached hydrogen (secondary N) is 1. The summed E-state index contributed by atoms with van der Waals surface area (Å²) in [5, 5.41) is 14.9. The van der Waals surface area contributed by atoms with Gasteiger partial charge in [0.2, 0.25) is 5.95 Å². The van der Waals surface area contributed by atoms with Crippen LogP contribution in [0, 0.1) is 0 Å². The fraction of sp³-hybridized carbons (Fsp3) is 0.316. The second-order valence-corrected chi connectivity index (χ2v) is 5.84. The van der Waals surface area contributed by atoms with Crippen LogP contribution < -0.4 is 14.8 Å². The van der Waals surface area contributed by atoms with Crippen LogP contribution in [0.25, 0.3) is 0 Å². The highest BCUT2D eigenvalue weighted by molar-refractivity contribution is 5.44. The number of ether oxygens (including phenoxy) is 2. The summed E-state index contributed by atoms with van der Waals surface area (Å²) in [7, 11) is 1.64. The molecular formula is C19H23N5O2. The molecule has 0 amide bonds.